The summed E-state index contributed by atoms with van der Waals surface area (Å²) in [4.78, 5) is 10.9. The molecule has 0 radical (unpaired) electrons. The Balaban J connectivity index is 3.36. The number of nitrogens with zero attached hydrogens (tertiary/aromatic N) is 1. The number of hydrogen-bond acceptors (Lipinski definition) is 4. The molecule has 0 heterocycles. The predicted octanol–water partition coefficient (Wildman–Crippen LogP) is 2.81. The second-order valence-electron chi connectivity index (χ2n) is 4.73. The highest BCUT2D eigenvalue weighted by atomic mass is 35.5. The minimum Gasteiger partial charge on any atom is -0.405 e. The van der Waals surface area contributed by atoms with Crippen LogP contribution in [0, 0.1) is 5.82 Å². The summed E-state index contributed by atoms with van der Waals surface area (Å²) in [6, 6.07) is 3.02. The molecule has 0 bridgehead atoms. The smallest absolute Gasteiger partial charge is 0.316 e. The first-order chi connectivity index (χ1) is 11.8. The number of nitrogens with one attached hydrogen (secondary N) is 1. The zero-order valence-electron chi connectivity index (χ0n) is 13.4. The maximum atomic E-state index is 13.3. The molecule has 7 N–H and O–H groups in total. The van der Waals surface area contributed by atoms with Crippen molar-refractivity contribution in [1.29, 1.82) is 0 Å². The fourth-order valence-corrected chi connectivity index (χ4v) is 2.19. The van der Waals surface area contributed by atoms with E-state index in [-0.39, 0.29) is 10.7 Å². The van der Waals surface area contributed by atoms with Crippen molar-refractivity contribution >= 4 is 23.3 Å². The lowest BCUT2D eigenvalue weighted by molar-refractivity contribution is 0.251. The number of rotatable bonds is 7. The van der Waals surface area contributed by atoms with E-state index in [1.807, 2.05) is 0 Å². The van der Waals surface area contributed by atoms with Gasteiger partial charge < -0.3 is 16.8 Å². The molecule has 0 saturated carbocycles. The highest BCUT2D eigenvalue weighted by Gasteiger charge is 2.15. The third kappa shape index (κ3) is 5.83. The van der Waals surface area contributed by atoms with Gasteiger partial charge in [0.05, 0.1) is 16.4 Å². The maximum Gasteiger partial charge on any atom is 0.316 e. The Morgan fingerprint density at radius 3 is 2.60 bits per heavy atom. The molecule has 0 aliphatic carbocycles. The lowest BCUT2D eigenvalue weighted by Crippen LogP contribution is -2.31. The molecule has 6 nitrogen and oxygen atoms in total. The number of urea groups is 1. The van der Waals surface area contributed by atoms with Crippen LogP contribution < -0.4 is 27.6 Å². The Bertz CT molecular complexity index is 770. The number of benzene rings is 1. The number of carbonyl (C=O) groups excluding carboxylic acids is 1. The average molecular weight is 364 g/mol. The molecule has 25 heavy (non-hydrogen) atoms. The molecule has 0 atom stereocenters. The van der Waals surface area contributed by atoms with E-state index in [2.05, 4.69) is 18.5 Å². The van der Waals surface area contributed by atoms with Crippen molar-refractivity contribution in [3.63, 3.8) is 0 Å². The molecule has 0 aliphatic heterocycles. The lowest BCUT2D eigenvalue weighted by Gasteiger charge is -2.24. The van der Waals surface area contributed by atoms with E-state index >= 15 is 0 Å². The van der Waals surface area contributed by atoms with Crippen LogP contribution in [0.3, 0.4) is 0 Å². The second-order valence-corrected chi connectivity index (χ2v) is 5.13. The van der Waals surface area contributed by atoms with Gasteiger partial charge in [0.1, 0.15) is 5.82 Å². The van der Waals surface area contributed by atoms with Gasteiger partial charge in [0.15, 0.2) is 0 Å². The number of halogens is 2. The summed E-state index contributed by atoms with van der Waals surface area (Å²) < 4.78 is 13.3. The molecule has 1 aromatic carbocycles. The van der Waals surface area contributed by atoms with Gasteiger partial charge in [0.25, 0.3) is 0 Å². The van der Waals surface area contributed by atoms with Crippen molar-refractivity contribution < 1.29 is 9.18 Å². The quantitative estimate of drug-likeness (QED) is 0.339. The van der Waals surface area contributed by atoms with Crippen molar-refractivity contribution in [3.05, 3.63) is 89.7 Å². The van der Waals surface area contributed by atoms with Crippen molar-refractivity contribution in [2.24, 2.45) is 17.3 Å². The van der Waals surface area contributed by atoms with Gasteiger partial charge in [-0.3, -0.25) is 5.01 Å². The van der Waals surface area contributed by atoms with E-state index in [1.54, 1.807) is 6.08 Å². The third-order valence-corrected chi connectivity index (χ3v) is 3.19. The van der Waals surface area contributed by atoms with Crippen LogP contribution in [0.2, 0.25) is 5.02 Å². The minimum atomic E-state index is -0.766. The molecule has 0 fully saturated rings. The maximum absolute atomic E-state index is 13.3. The van der Waals surface area contributed by atoms with Crippen molar-refractivity contribution in [3.8, 4) is 0 Å². The van der Waals surface area contributed by atoms with Crippen LogP contribution in [-0.2, 0) is 0 Å². The average Bonchev–Trinajstić information content (AvgIpc) is 2.51. The van der Waals surface area contributed by atoms with Gasteiger partial charge in [-0.15, -0.1) is 0 Å². The molecule has 0 unspecified atom stereocenters. The first-order valence-electron chi connectivity index (χ1n) is 6.98. The molecule has 2 amide bonds. The van der Waals surface area contributed by atoms with Crippen LogP contribution in [0.4, 0.5) is 14.9 Å². The molecule has 132 valence electrons. The zero-order valence-corrected chi connectivity index (χ0v) is 14.1. The summed E-state index contributed by atoms with van der Waals surface area (Å²) in [5.74, 6) is 5.64. The molecule has 8 heteroatoms. The highest BCUT2D eigenvalue weighted by Crippen LogP contribution is 2.29. The minimum absolute atomic E-state index is 0.114. The van der Waals surface area contributed by atoms with E-state index in [1.165, 1.54) is 41.6 Å². The first kappa shape index (κ1) is 20.0. The molecule has 1 aromatic rings. The zero-order chi connectivity index (χ0) is 19.0. The van der Waals surface area contributed by atoms with E-state index in [9.17, 15) is 9.18 Å². The molecular weight excluding hydrogens is 345 g/mol. The van der Waals surface area contributed by atoms with Gasteiger partial charge in [-0.05, 0) is 42.6 Å². The van der Waals surface area contributed by atoms with E-state index in [0.29, 0.717) is 17.0 Å². The summed E-state index contributed by atoms with van der Waals surface area (Å²) in [6.07, 6.45) is 7.39. The standard InChI is InChI=1S/C17H19ClFN5O/c1-3-4-15(12(7-8-20)9-11(2)23-17(21)25)24(22)16-6-5-13(19)10-14(16)18/h3-10H,1-2,20,22H2,(H3,21,23,25)/b8-7-,12-9+,15-4-. The van der Waals surface area contributed by atoms with Gasteiger partial charge in [-0.25, -0.2) is 15.0 Å². The largest absolute Gasteiger partial charge is 0.405 e. The van der Waals surface area contributed by atoms with E-state index < -0.39 is 11.8 Å². The number of nitrogens with two attached hydrogens (primary N) is 3. The summed E-state index contributed by atoms with van der Waals surface area (Å²) in [5, 5.41) is 3.67. The molecule has 0 aromatic heterocycles. The van der Waals surface area contributed by atoms with Gasteiger partial charge in [-0.2, -0.15) is 0 Å². The second kappa shape index (κ2) is 9.31. The van der Waals surface area contributed by atoms with Gasteiger partial charge in [0.2, 0.25) is 0 Å². The molecule has 0 aliphatic rings. The number of amides is 2. The van der Waals surface area contributed by atoms with Crippen LogP contribution >= 0.6 is 11.6 Å². The lowest BCUT2D eigenvalue weighted by atomic mass is 10.1. The Morgan fingerprint density at radius 2 is 2.08 bits per heavy atom. The number of hydrogen-bond donors (Lipinski definition) is 4. The van der Waals surface area contributed by atoms with Gasteiger partial charge >= 0.3 is 6.03 Å². The van der Waals surface area contributed by atoms with Gasteiger partial charge in [-0.1, -0.05) is 30.8 Å². The van der Waals surface area contributed by atoms with Crippen LogP contribution in [0.1, 0.15) is 0 Å². The normalized spacial score (nSPS) is 12.1. The Kier molecular flexibility index (Phi) is 7.45. The topological polar surface area (TPSA) is 110 Å². The fraction of sp³-hybridized carbons (Fsp3) is 0. The SMILES string of the molecule is C=C/C=C(C(/C=C\N)=C/C(=C)NC(N)=O)\N(N)c1ccc(F)cc1Cl. The molecule has 1 rings (SSSR count). The molecule has 0 saturated heterocycles. The van der Waals surface area contributed by atoms with E-state index in [0.717, 1.165) is 6.07 Å². The summed E-state index contributed by atoms with van der Waals surface area (Å²) in [7, 11) is 0. The summed E-state index contributed by atoms with van der Waals surface area (Å²) in [6.45, 7) is 7.31. The number of anilines is 1. The Morgan fingerprint density at radius 1 is 1.40 bits per heavy atom. The molecular formula is C17H19ClFN5O. The summed E-state index contributed by atoms with van der Waals surface area (Å²) >= 11 is 6.06. The predicted molar refractivity (Wildman–Crippen MR) is 99.6 cm³/mol. The van der Waals surface area contributed by atoms with Crippen LogP contribution in [0.5, 0.6) is 0 Å². The number of allylic oxidation sites excluding steroid dienone is 4. The first-order valence-corrected chi connectivity index (χ1v) is 7.36. The monoisotopic (exact) mass is 363 g/mol. The Hall–Kier alpha value is -3.03. The van der Waals surface area contributed by atoms with Crippen molar-refractivity contribution in [2.75, 3.05) is 5.01 Å². The number of hydrazine groups is 1. The van der Waals surface area contributed by atoms with Gasteiger partial charge in [0, 0.05) is 11.3 Å². The van der Waals surface area contributed by atoms with Crippen LogP contribution in [-0.4, -0.2) is 6.03 Å². The van der Waals surface area contributed by atoms with Crippen molar-refractivity contribution in [1.82, 2.24) is 5.32 Å². The summed E-state index contributed by atoms with van der Waals surface area (Å²) in [5.41, 5.74) is 12.0. The van der Waals surface area contributed by atoms with Crippen molar-refractivity contribution in [2.45, 2.75) is 0 Å². The van der Waals surface area contributed by atoms with Crippen LogP contribution in [0.25, 0.3) is 0 Å². The number of carbonyl (C=O) groups is 1. The highest BCUT2D eigenvalue weighted by molar-refractivity contribution is 6.33. The number of primary amides is 1. The van der Waals surface area contributed by atoms with E-state index in [4.69, 9.17) is 28.9 Å². The third-order valence-electron chi connectivity index (χ3n) is 2.89. The van der Waals surface area contributed by atoms with Crippen LogP contribution in [0.15, 0.2) is 78.8 Å². The molecule has 0 spiro atoms. The fourth-order valence-electron chi connectivity index (χ4n) is 1.93. The Labute approximate surface area is 150 Å².